The summed E-state index contributed by atoms with van der Waals surface area (Å²) >= 11 is 0. The summed E-state index contributed by atoms with van der Waals surface area (Å²) in [5, 5.41) is 12.3. The van der Waals surface area contributed by atoms with Gasteiger partial charge in [-0.2, -0.15) is 0 Å². The Balaban J connectivity index is 1.53. The van der Waals surface area contributed by atoms with Crippen LogP contribution in [0.4, 0.5) is 5.82 Å². The maximum absolute atomic E-state index is 13.1. The molecule has 3 aromatic heterocycles. The summed E-state index contributed by atoms with van der Waals surface area (Å²) in [4.78, 5) is 35.3. The molecular formula is C22H25N5O4. The molecule has 0 bridgehead atoms. The van der Waals surface area contributed by atoms with Crippen LogP contribution in [0.15, 0.2) is 36.7 Å². The van der Waals surface area contributed by atoms with Crippen LogP contribution in [-0.2, 0) is 0 Å². The summed E-state index contributed by atoms with van der Waals surface area (Å²) < 4.78 is 7.39. The Bertz CT molecular complexity index is 1130. The van der Waals surface area contributed by atoms with Gasteiger partial charge in [0.2, 0.25) is 0 Å². The molecule has 0 saturated carbocycles. The second-order valence-corrected chi connectivity index (χ2v) is 7.51. The zero-order valence-electron chi connectivity index (χ0n) is 17.5. The minimum Gasteiger partial charge on any atom is -0.490 e. The standard InChI is InChI=1S/C22H25N5O4/c1-3-31-17-7-5-11-27-19(14(2)24-20(17)27)21(28)25-16-6-4-10-26(13-16)18-12-15(22(29)30)8-9-23-18/h5,7-9,11-12,16H,3-4,6,10,13H2,1-2H3,(H,25,28)(H,29,30)/t16-/m0/s1. The van der Waals surface area contributed by atoms with Gasteiger partial charge in [0.15, 0.2) is 11.4 Å². The molecule has 1 amide bonds. The molecule has 1 aliphatic rings. The Kier molecular flexibility index (Phi) is 5.75. The number of ether oxygens (including phenoxy) is 1. The summed E-state index contributed by atoms with van der Waals surface area (Å²) in [6, 6.07) is 6.62. The van der Waals surface area contributed by atoms with E-state index in [1.165, 1.54) is 12.3 Å². The van der Waals surface area contributed by atoms with Gasteiger partial charge in [0.05, 0.1) is 17.9 Å². The van der Waals surface area contributed by atoms with Crippen molar-refractivity contribution in [1.82, 2.24) is 19.7 Å². The summed E-state index contributed by atoms with van der Waals surface area (Å²) in [5.74, 6) is 0.0596. The average Bonchev–Trinajstić information content (AvgIpc) is 3.11. The van der Waals surface area contributed by atoms with Gasteiger partial charge in [-0.05, 0) is 51.0 Å². The lowest BCUT2D eigenvalue weighted by Gasteiger charge is -2.34. The van der Waals surface area contributed by atoms with Crippen LogP contribution < -0.4 is 15.0 Å². The molecule has 162 valence electrons. The van der Waals surface area contributed by atoms with Gasteiger partial charge >= 0.3 is 5.97 Å². The number of fused-ring (bicyclic) bond motifs is 1. The Morgan fingerprint density at radius 2 is 2.19 bits per heavy atom. The van der Waals surface area contributed by atoms with Crippen molar-refractivity contribution in [1.29, 1.82) is 0 Å². The van der Waals surface area contributed by atoms with Gasteiger partial charge < -0.3 is 20.1 Å². The highest BCUT2D eigenvalue weighted by atomic mass is 16.5. The van der Waals surface area contributed by atoms with Crippen LogP contribution >= 0.6 is 0 Å². The van der Waals surface area contributed by atoms with E-state index in [4.69, 9.17) is 4.74 Å². The van der Waals surface area contributed by atoms with E-state index < -0.39 is 5.97 Å². The number of carboxylic acid groups (broad SMARTS) is 1. The van der Waals surface area contributed by atoms with Gasteiger partial charge in [-0.3, -0.25) is 9.20 Å². The Labute approximate surface area is 179 Å². The monoisotopic (exact) mass is 423 g/mol. The van der Waals surface area contributed by atoms with Crippen molar-refractivity contribution in [3.05, 3.63) is 53.6 Å². The third-order valence-electron chi connectivity index (χ3n) is 5.38. The number of imidazole rings is 1. The number of piperidine rings is 1. The highest BCUT2D eigenvalue weighted by Crippen LogP contribution is 2.23. The van der Waals surface area contributed by atoms with Crippen LogP contribution in [0, 0.1) is 6.92 Å². The van der Waals surface area contributed by atoms with Crippen molar-refractivity contribution in [3.8, 4) is 5.75 Å². The third kappa shape index (κ3) is 4.16. The second-order valence-electron chi connectivity index (χ2n) is 7.51. The van der Waals surface area contributed by atoms with Crippen LogP contribution in [0.5, 0.6) is 5.75 Å². The summed E-state index contributed by atoms with van der Waals surface area (Å²) in [6.45, 7) is 5.55. The van der Waals surface area contributed by atoms with E-state index in [1.807, 2.05) is 30.9 Å². The maximum atomic E-state index is 13.1. The Morgan fingerprint density at radius 3 is 2.97 bits per heavy atom. The Morgan fingerprint density at radius 1 is 1.35 bits per heavy atom. The van der Waals surface area contributed by atoms with E-state index >= 15 is 0 Å². The van der Waals surface area contributed by atoms with Crippen molar-refractivity contribution < 1.29 is 19.4 Å². The number of rotatable bonds is 6. The first-order valence-corrected chi connectivity index (χ1v) is 10.3. The number of carbonyl (C=O) groups is 2. The molecule has 1 fully saturated rings. The maximum Gasteiger partial charge on any atom is 0.335 e. The topological polar surface area (TPSA) is 109 Å². The number of carboxylic acids is 1. The number of nitrogens with zero attached hydrogens (tertiary/aromatic N) is 4. The predicted octanol–water partition coefficient (Wildman–Crippen LogP) is 2.53. The number of pyridine rings is 2. The molecule has 1 aliphatic heterocycles. The first-order valence-electron chi connectivity index (χ1n) is 10.3. The van der Waals surface area contributed by atoms with Crippen LogP contribution in [-0.4, -0.2) is 57.1 Å². The van der Waals surface area contributed by atoms with E-state index in [9.17, 15) is 14.7 Å². The molecule has 1 atom stereocenters. The number of nitrogens with one attached hydrogen (secondary N) is 1. The van der Waals surface area contributed by atoms with Crippen molar-refractivity contribution in [2.24, 2.45) is 0 Å². The summed E-state index contributed by atoms with van der Waals surface area (Å²) in [7, 11) is 0. The highest BCUT2D eigenvalue weighted by Gasteiger charge is 2.26. The van der Waals surface area contributed by atoms with Gasteiger partial charge in [-0.1, -0.05) is 0 Å². The van der Waals surface area contributed by atoms with E-state index in [0.29, 0.717) is 41.8 Å². The molecule has 4 heterocycles. The molecule has 31 heavy (non-hydrogen) atoms. The molecule has 0 aliphatic carbocycles. The van der Waals surface area contributed by atoms with Gasteiger partial charge in [-0.25, -0.2) is 14.8 Å². The van der Waals surface area contributed by atoms with Crippen LogP contribution in [0.3, 0.4) is 0 Å². The number of carbonyl (C=O) groups excluding carboxylic acids is 1. The number of amides is 1. The number of anilines is 1. The van der Waals surface area contributed by atoms with Gasteiger partial charge in [-0.15, -0.1) is 0 Å². The van der Waals surface area contributed by atoms with Crippen LogP contribution in [0.25, 0.3) is 5.65 Å². The molecule has 0 aromatic carbocycles. The lowest BCUT2D eigenvalue weighted by Crippen LogP contribution is -2.48. The quantitative estimate of drug-likeness (QED) is 0.627. The SMILES string of the molecule is CCOc1cccn2c(C(=O)N[C@H]3CCCN(c4cc(C(=O)O)ccn4)C3)c(C)nc12. The molecule has 4 rings (SSSR count). The van der Waals surface area contributed by atoms with Crippen molar-refractivity contribution >= 4 is 23.3 Å². The first kappa shape index (κ1) is 20.6. The van der Waals surface area contributed by atoms with Crippen molar-refractivity contribution in [2.45, 2.75) is 32.7 Å². The predicted molar refractivity (Wildman–Crippen MR) is 115 cm³/mol. The van der Waals surface area contributed by atoms with Gasteiger partial charge in [0.25, 0.3) is 5.91 Å². The van der Waals surface area contributed by atoms with Gasteiger partial charge in [0.1, 0.15) is 11.5 Å². The van der Waals surface area contributed by atoms with Crippen LogP contribution in [0.2, 0.25) is 0 Å². The fourth-order valence-electron chi connectivity index (χ4n) is 3.98. The second kappa shape index (κ2) is 8.63. The Hall–Kier alpha value is -3.62. The molecule has 0 unspecified atom stereocenters. The lowest BCUT2D eigenvalue weighted by molar-refractivity contribution is 0.0696. The molecule has 0 radical (unpaired) electrons. The smallest absolute Gasteiger partial charge is 0.335 e. The van der Waals surface area contributed by atoms with Crippen LogP contribution in [0.1, 0.15) is 46.3 Å². The molecule has 3 aromatic rings. The molecule has 9 heteroatoms. The normalized spacial score (nSPS) is 16.3. The number of hydrogen-bond donors (Lipinski definition) is 2. The molecule has 1 saturated heterocycles. The summed E-state index contributed by atoms with van der Waals surface area (Å²) in [5.41, 5.74) is 1.93. The van der Waals surface area contributed by atoms with E-state index in [1.54, 1.807) is 16.7 Å². The van der Waals surface area contributed by atoms with E-state index in [-0.39, 0.29) is 17.5 Å². The third-order valence-corrected chi connectivity index (χ3v) is 5.38. The largest absolute Gasteiger partial charge is 0.490 e. The highest BCUT2D eigenvalue weighted by molar-refractivity contribution is 5.95. The average molecular weight is 423 g/mol. The molecule has 2 N–H and O–H groups in total. The minimum atomic E-state index is -0.986. The molecule has 9 nitrogen and oxygen atoms in total. The number of aryl methyl sites for hydroxylation is 1. The first-order chi connectivity index (χ1) is 15.0. The fourth-order valence-corrected chi connectivity index (χ4v) is 3.98. The van der Waals surface area contributed by atoms with E-state index in [2.05, 4.69) is 15.3 Å². The number of aromatic carboxylic acids is 1. The number of aromatic nitrogens is 3. The van der Waals surface area contributed by atoms with E-state index in [0.717, 1.165) is 19.4 Å². The van der Waals surface area contributed by atoms with Gasteiger partial charge in [0, 0.05) is 31.5 Å². The fraction of sp³-hybridized carbons (Fsp3) is 0.364. The van der Waals surface area contributed by atoms with Crippen molar-refractivity contribution in [2.75, 3.05) is 24.6 Å². The molecule has 0 spiro atoms. The zero-order valence-corrected chi connectivity index (χ0v) is 17.5. The zero-order chi connectivity index (χ0) is 22.0. The number of hydrogen-bond acceptors (Lipinski definition) is 6. The minimum absolute atomic E-state index is 0.0865. The lowest BCUT2D eigenvalue weighted by atomic mass is 10.1. The van der Waals surface area contributed by atoms with Crippen molar-refractivity contribution in [3.63, 3.8) is 0 Å². The summed E-state index contributed by atoms with van der Waals surface area (Å²) in [6.07, 6.45) is 5.01. The molecular weight excluding hydrogens is 398 g/mol.